The molecule has 94 valence electrons. The molecule has 1 aliphatic carbocycles. The van der Waals surface area contributed by atoms with Crippen LogP contribution < -0.4 is 14.8 Å². The number of anilines is 1. The third-order valence-corrected chi connectivity index (χ3v) is 2.87. The van der Waals surface area contributed by atoms with Gasteiger partial charge in [0, 0.05) is 12.0 Å². The molecule has 17 heavy (non-hydrogen) atoms. The third-order valence-electron chi connectivity index (χ3n) is 2.87. The Balaban J connectivity index is 2.04. The summed E-state index contributed by atoms with van der Waals surface area (Å²) in [6.45, 7) is 0.819. The summed E-state index contributed by atoms with van der Waals surface area (Å²) >= 11 is 0. The summed E-state index contributed by atoms with van der Waals surface area (Å²) in [5, 5.41) is 12.3. The van der Waals surface area contributed by atoms with E-state index in [2.05, 4.69) is 20.3 Å². The van der Waals surface area contributed by atoms with E-state index in [1.165, 1.54) is 14.2 Å². The molecular formula is C10H16N4O3. The smallest absolute Gasteiger partial charge is 0.324 e. The molecule has 1 saturated carbocycles. The molecule has 0 amide bonds. The van der Waals surface area contributed by atoms with Gasteiger partial charge in [-0.05, 0) is 12.8 Å². The molecule has 1 aromatic heterocycles. The largest absolute Gasteiger partial charge is 0.467 e. The van der Waals surface area contributed by atoms with Crippen molar-refractivity contribution >= 4 is 5.95 Å². The van der Waals surface area contributed by atoms with E-state index in [0.717, 1.165) is 12.8 Å². The molecule has 1 aliphatic rings. The molecule has 7 heteroatoms. The molecule has 0 atom stereocenters. The van der Waals surface area contributed by atoms with Gasteiger partial charge in [-0.25, -0.2) is 0 Å². The molecule has 0 spiro atoms. The Kier molecular flexibility index (Phi) is 3.28. The number of nitrogens with zero attached hydrogens (tertiary/aromatic N) is 3. The number of hydrogen-bond acceptors (Lipinski definition) is 7. The average molecular weight is 240 g/mol. The average Bonchev–Trinajstić information content (AvgIpc) is 3.16. The molecular weight excluding hydrogens is 224 g/mol. The normalized spacial score (nSPS) is 16.4. The van der Waals surface area contributed by atoms with E-state index in [9.17, 15) is 5.11 Å². The van der Waals surface area contributed by atoms with Crippen molar-refractivity contribution in [1.29, 1.82) is 0 Å². The Labute approximate surface area is 99.2 Å². The summed E-state index contributed by atoms with van der Waals surface area (Å²) in [5.74, 6) is 0.397. The molecule has 7 nitrogen and oxygen atoms in total. The van der Waals surface area contributed by atoms with Crippen LogP contribution in [0.3, 0.4) is 0 Å². The lowest BCUT2D eigenvalue weighted by molar-refractivity contribution is 0.219. The van der Waals surface area contributed by atoms with Crippen molar-refractivity contribution < 1.29 is 14.6 Å². The predicted octanol–water partition coefficient (Wildman–Crippen LogP) is 0.0732. The second kappa shape index (κ2) is 4.70. The molecule has 2 N–H and O–H groups in total. The summed E-state index contributed by atoms with van der Waals surface area (Å²) in [6.07, 6.45) is 2.05. The van der Waals surface area contributed by atoms with Crippen LogP contribution in [0.2, 0.25) is 0 Å². The SMILES string of the molecule is COc1nc(NCC2(CO)CC2)nc(OC)n1. The first-order chi connectivity index (χ1) is 8.21. The fourth-order valence-corrected chi connectivity index (χ4v) is 1.43. The number of hydrogen-bond donors (Lipinski definition) is 2. The van der Waals surface area contributed by atoms with Crippen molar-refractivity contribution in [3.63, 3.8) is 0 Å². The quantitative estimate of drug-likeness (QED) is 0.727. The predicted molar refractivity (Wildman–Crippen MR) is 60.2 cm³/mol. The summed E-state index contributed by atoms with van der Waals surface area (Å²) < 4.78 is 9.88. The maximum absolute atomic E-state index is 9.19. The van der Waals surface area contributed by atoms with Crippen molar-refractivity contribution in [3.05, 3.63) is 0 Å². The lowest BCUT2D eigenvalue weighted by atomic mass is 10.1. The van der Waals surface area contributed by atoms with Gasteiger partial charge in [0.2, 0.25) is 5.95 Å². The molecule has 0 aliphatic heterocycles. The maximum Gasteiger partial charge on any atom is 0.324 e. The van der Waals surface area contributed by atoms with Crippen molar-refractivity contribution in [1.82, 2.24) is 15.0 Å². The van der Waals surface area contributed by atoms with E-state index < -0.39 is 0 Å². The molecule has 1 heterocycles. The summed E-state index contributed by atoms with van der Waals surface area (Å²) in [4.78, 5) is 12.0. The van der Waals surface area contributed by atoms with Crippen LogP contribution in [-0.4, -0.2) is 47.4 Å². The number of rotatable bonds is 6. The monoisotopic (exact) mass is 240 g/mol. The van der Waals surface area contributed by atoms with E-state index in [0.29, 0.717) is 12.5 Å². The fraction of sp³-hybridized carbons (Fsp3) is 0.700. The Bertz CT molecular complexity index is 373. The Hall–Kier alpha value is -1.63. The number of aromatic nitrogens is 3. The zero-order valence-electron chi connectivity index (χ0n) is 9.93. The highest BCUT2D eigenvalue weighted by atomic mass is 16.5. The van der Waals surface area contributed by atoms with Crippen LogP contribution in [0.4, 0.5) is 5.95 Å². The first kappa shape index (κ1) is 11.8. The van der Waals surface area contributed by atoms with Gasteiger partial charge >= 0.3 is 12.0 Å². The molecule has 0 aromatic carbocycles. The fourth-order valence-electron chi connectivity index (χ4n) is 1.43. The minimum atomic E-state index is -0.00685. The van der Waals surface area contributed by atoms with Crippen LogP contribution >= 0.6 is 0 Å². The van der Waals surface area contributed by atoms with Gasteiger partial charge in [-0.15, -0.1) is 4.98 Å². The lowest BCUT2D eigenvalue weighted by Gasteiger charge is -2.13. The minimum Gasteiger partial charge on any atom is -0.467 e. The maximum atomic E-state index is 9.19. The van der Waals surface area contributed by atoms with Crippen molar-refractivity contribution in [2.24, 2.45) is 5.41 Å². The molecule has 1 fully saturated rings. The standard InChI is InChI=1S/C10H16N4O3/c1-16-8-12-7(13-9(14-8)17-2)11-5-10(6-15)3-4-10/h15H,3-6H2,1-2H3,(H,11,12,13,14). The van der Waals surface area contributed by atoms with Crippen molar-refractivity contribution in [2.75, 3.05) is 32.7 Å². The number of aliphatic hydroxyl groups is 1. The van der Waals surface area contributed by atoms with Gasteiger partial charge in [0.15, 0.2) is 0 Å². The highest BCUT2D eigenvalue weighted by Crippen LogP contribution is 2.44. The Morgan fingerprint density at radius 3 is 2.18 bits per heavy atom. The highest BCUT2D eigenvalue weighted by Gasteiger charge is 2.41. The van der Waals surface area contributed by atoms with Crippen molar-refractivity contribution in [3.8, 4) is 12.0 Å². The Morgan fingerprint density at radius 2 is 1.76 bits per heavy atom. The van der Waals surface area contributed by atoms with E-state index in [1.807, 2.05) is 0 Å². The van der Waals surface area contributed by atoms with Gasteiger partial charge in [0.05, 0.1) is 20.8 Å². The summed E-state index contributed by atoms with van der Waals surface area (Å²) in [6, 6.07) is 0.404. The zero-order valence-corrected chi connectivity index (χ0v) is 9.93. The lowest BCUT2D eigenvalue weighted by Crippen LogP contribution is -2.20. The second-order valence-corrected chi connectivity index (χ2v) is 4.14. The zero-order chi connectivity index (χ0) is 12.3. The van der Waals surface area contributed by atoms with Crippen LogP contribution in [0.1, 0.15) is 12.8 Å². The molecule has 0 radical (unpaired) electrons. The van der Waals surface area contributed by atoms with E-state index in [4.69, 9.17) is 9.47 Å². The topological polar surface area (TPSA) is 89.4 Å². The second-order valence-electron chi connectivity index (χ2n) is 4.14. The van der Waals surface area contributed by atoms with E-state index in [-0.39, 0.29) is 24.0 Å². The number of nitrogens with one attached hydrogen (secondary N) is 1. The number of aliphatic hydroxyl groups excluding tert-OH is 1. The molecule has 1 aromatic rings. The van der Waals surface area contributed by atoms with Gasteiger partial charge in [-0.1, -0.05) is 0 Å². The van der Waals surface area contributed by atoms with Gasteiger partial charge in [-0.3, -0.25) is 0 Å². The summed E-state index contributed by atoms with van der Waals surface area (Å²) in [7, 11) is 2.96. The number of methoxy groups -OCH3 is 2. The van der Waals surface area contributed by atoms with Crippen LogP contribution in [0.5, 0.6) is 12.0 Å². The summed E-state index contributed by atoms with van der Waals surface area (Å²) in [5.41, 5.74) is -0.00685. The Morgan fingerprint density at radius 1 is 1.18 bits per heavy atom. The van der Waals surface area contributed by atoms with Crippen LogP contribution in [0.25, 0.3) is 0 Å². The highest BCUT2D eigenvalue weighted by molar-refractivity contribution is 5.28. The minimum absolute atomic E-state index is 0.00685. The van der Waals surface area contributed by atoms with Gasteiger partial charge in [0.1, 0.15) is 0 Å². The van der Waals surface area contributed by atoms with Gasteiger partial charge < -0.3 is 19.9 Å². The molecule has 0 saturated heterocycles. The van der Waals surface area contributed by atoms with Crippen LogP contribution in [-0.2, 0) is 0 Å². The van der Waals surface area contributed by atoms with Crippen LogP contribution in [0.15, 0.2) is 0 Å². The number of ether oxygens (including phenoxy) is 2. The molecule has 2 rings (SSSR count). The molecule has 0 unspecified atom stereocenters. The van der Waals surface area contributed by atoms with E-state index >= 15 is 0 Å². The van der Waals surface area contributed by atoms with Gasteiger partial charge in [0.25, 0.3) is 0 Å². The third kappa shape index (κ3) is 2.73. The molecule has 0 bridgehead atoms. The van der Waals surface area contributed by atoms with Gasteiger partial charge in [-0.2, -0.15) is 9.97 Å². The first-order valence-corrected chi connectivity index (χ1v) is 5.40. The first-order valence-electron chi connectivity index (χ1n) is 5.40. The van der Waals surface area contributed by atoms with Crippen LogP contribution in [0, 0.1) is 5.41 Å². The van der Waals surface area contributed by atoms with E-state index in [1.54, 1.807) is 0 Å². The van der Waals surface area contributed by atoms with Crippen molar-refractivity contribution in [2.45, 2.75) is 12.8 Å².